The van der Waals surface area contributed by atoms with Gasteiger partial charge in [0.1, 0.15) is 0 Å². The van der Waals surface area contributed by atoms with Gasteiger partial charge in [-0.15, -0.1) is 5.10 Å². The van der Waals surface area contributed by atoms with Gasteiger partial charge in [-0.05, 0) is 27.3 Å². The van der Waals surface area contributed by atoms with Crippen LogP contribution in [-0.2, 0) is 4.74 Å². The summed E-state index contributed by atoms with van der Waals surface area (Å²) in [6.07, 6.45) is 1.27. The summed E-state index contributed by atoms with van der Waals surface area (Å²) in [6, 6.07) is 0.862. The molecule has 1 saturated carbocycles. The molecule has 0 amide bonds. The third-order valence-corrected chi connectivity index (χ3v) is 4.09. The molecule has 6 nitrogen and oxygen atoms in total. The number of nitrogens with zero attached hydrogens (tertiary/aromatic N) is 2. The Bertz CT molecular complexity index is 419. The van der Waals surface area contributed by atoms with Crippen LogP contribution in [0.5, 0.6) is 0 Å². The van der Waals surface area contributed by atoms with E-state index in [1.54, 1.807) is 0 Å². The maximum absolute atomic E-state index is 5.71. The lowest BCUT2D eigenvalue weighted by Crippen LogP contribution is -2.58. The molecule has 2 N–H and O–H groups in total. The zero-order valence-corrected chi connectivity index (χ0v) is 12.4. The minimum Gasteiger partial charge on any atom is -0.406 e. The largest absolute Gasteiger partial charge is 0.406 e. The molecule has 19 heavy (non-hydrogen) atoms. The first kappa shape index (κ1) is 14.3. The fraction of sp³-hybridized carbons (Fsp3) is 0.846. The highest BCUT2D eigenvalue weighted by atomic mass is 16.5. The van der Waals surface area contributed by atoms with Crippen LogP contribution in [0, 0.1) is 5.41 Å². The Morgan fingerprint density at radius 2 is 2.21 bits per heavy atom. The van der Waals surface area contributed by atoms with Crippen LogP contribution < -0.4 is 10.6 Å². The zero-order valence-electron chi connectivity index (χ0n) is 12.4. The summed E-state index contributed by atoms with van der Waals surface area (Å²) in [7, 11) is 1.86. The molecular formula is C13H24N4O2. The molecule has 0 saturated heterocycles. The smallest absolute Gasteiger partial charge is 0.315 e. The summed E-state index contributed by atoms with van der Waals surface area (Å²) in [5.41, 5.74) is 0.0826. The van der Waals surface area contributed by atoms with E-state index in [0.29, 0.717) is 24.1 Å². The number of rotatable bonds is 6. The topological polar surface area (TPSA) is 72.2 Å². The molecule has 1 aliphatic carbocycles. The number of nitrogens with one attached hydrogen (secondary N) is 2. The molecule has 0 radical (unpaired) electrons. The van der Waals surface area contributed by atoms with Crippen molar-refractivity contribution in [2.75, 3.05) is 19.0 Å². The molecule has 1 aliphatic rings. The van der Waals surface area contributed by atoms with E-state index < -0.39 is 0 Å². The third kappa shape index (κ3) is 2.74. The molecule has 1 fully saturated rings. The molecular weight excluding hydrogens is 244 g/mol. The molecule has 0 aromatic carbocycles. The standard InChI is InChI=1S/C13H24N4O2/c1-6-18-10-7-9(13(10,3)4)15-12-17-16-11(19-12)8(2)14-5/h8-10,14H,6-7H2,1-5H3,(H,15,17). The molecule has 0 aliphatic heterocycles. The van der Waals surface area contributed by atoms with Crippen molar-refractivity contribution < 1.29 is 9.15 Å². The Balaban J connectivity index is 1.94. The lowest BCUT2D eigenvalue weighted by atomic mass is 9.64. The number of hydrogen-bond acceptors (Lipinski definition) is 6. The Hall–Kier alpha value is -1.14. The summed E-state index contributed by atoms with van der Waals surface area (Å²) in [5.74, 6) is 0.600. The van der Waals surface area contributed by atoms with Gasteiger partial charge < -0.3 is 19.8 Å². The Kier molecular flexibility index (Phi) is 4.10. The summed E-state index contributed by atoms with van der Waals surface area (Å²) in [5, 5.41) is 14.4. The van der Waals surface area contributed by atoms with Crippen molar-refractivity contribution in [1.82, 2.24) is 15.5 Å². The van der Waals surface area contributed by atoms with E-state index in [4.69, 9.17) is 9.15 Å². The lowest BCUT2D eigenvalue weighted by molar-refractivity contribution is -0.0980. The fourth-order valence-electron chi connectivity index (χ4n) is 2.35. The van der Waals surface area contributed by atoms with E-state index in [1.165, 1.54) is 0 Å². The quantitative estimate of drug-likeness (QED) is 0.822. The average molecular weight is 268 g/mol. The van der Waals surface area contributed by atoms with Crippen LogP contribution in [0.2, 0.25) is 0 Å². The Labute approximate surface area is 114 Å². The fourth-order valence-corrected chi connectivity index (χ4v) is 2.35. The number of aromatic nitrogens is 2. The highest BCUT2D eigenvalue weighted by Gasteiger charge is 2.49. The normalized spacial score (nSPS) is 26.8. The SMILES string of the molecule is CCOC1CC(Nc2nnc(C(C)NC)o2)C1(C)C. The second kappa shape index (κ2) is 5.46. The summed E-state index contributed by atoms with van der Waals surface area (Å²) in [6.45, 7) is 9.16. The van der Waals surface area contributed by atoms with Crippen molar-refractivity contribution in [2.24, 2.45) is 5.41 Å². The summed E-state index contributed by atoms with van der Waals surface area (Å²) in [4.78, 5) is 0. The van der Waals surface area contributed by atoms with E-state index in [-0.39, 0.29) is 11.5 Å². The van der Waals surface area contributed by atoms with Crippen molar-refractivity contribution in [3.05, 3.63) is 5.89 Å². The molecule has 0 spiro atoms. The van der Waals surface area contributed by atoms with Crippen LogP contribution in [0.25, 0.3) is 0 Å². The van der Waals surface area contributed by atoms with Gasteiger partial charge in [-0.1, -0.05) is 18.9 Å². The van der Waals surface area contributed by atoms with Crippen LogP contribution in [0.4, 0.5) is 6.01 Å². The molecule has 1 aromatic heterocycles. The van der Waals surface area contributed by atoms with Gasteiger partial charge in [-0.2, -0.15) is 0 Å². The summed E-state index contributed by atoms with van der Waals surface area (Å²) >= 11 is 0. The summed E-state index contributed by atoms with van der Waals surface area (Å²) < 4.78 is 11.3. The minimum atomic E-state index is 0.0635. The third-order valence-electron chi connectivity index (χ3n) is 4.09. The van der Waals surface area contributed by atoms with Gasteiger partial charge in [0.25, 0.3) is 0 Å². The Morgan fingerprint density at radius 1 is 1.47 bits per heavy atom. The van der Waals surface area contributed by atoms with Gasteiger partial charge in [-0.25, -0.2) is 0 Å². The number of hydrogen-bond donors (Lipinski definition) is 2. The van der Waals surface area contributed by atoms with Crippen molar-refractivity contribution in [3.63, 3.8) is 0 Å². The van der Waals surface area contributed by atoms with Crippen LogP contribution in [0.1, 0.15) is 46.0 Å². The number of ether oxygens (including phenoxy) is 1. The predicted octanol–water partition coefficient (Wildman–Crippen LogP) is 1.97. The van der Waals surface area contributed by atoms with Gasteiger partial charge in [0.15, 0.2) is 0 Å². The molecule has 0 bridgehead atoms. The monoisotopic (exact) mass is 268 g/mol. The second-order valence-electron chi connectivity index (χ2n) is 5.65. The first-order chi connectivity index (χ1) is 8.98. The van der Waals surface area contributed by atoms with E-state index in [9.17, 15) is 0 Å². The van der Waals surface area contributed by atoms with Crippen molar-refractivity contribution in [1.29, 1.82) is 0 Å². The molecule has 1 aromatic rings. The van der Waals surface area contributed by atoms with Gasteiger partial charge in [0.05, 0.1) is 12.1 Å². The first-order valence-corrected chi connectivity index (χ1v) is 6.87. The van der Waals surface area contributed by atoms with Crippen LogP contribution in [0.3, 0.4) is 0 Å². The van der Waals surface area contributed by atoms with Crippen molar-refractivity contribution in [3.8, 4) is 0 Å². The zero-order chi connectivity index (χ0) is 14.0. The molecule has 3 atom stereocenters. The highest BCUT2D eigenvalue weighted by Crippen LogP contribution is 2.44. The molecule has 3 unspecified atom stereocenters. The second-order valence-corrected chi connectivity index (χ2v) is 5.65. The highest BCUT2D eigenvalue weighted by molar-refractivity contribution is 5.25. The van der Waals surface area contributed by atoms with E-state index >= 15 is 0 Å². The predicted molar refractivity (Wildman–Crippen MR) is 73.0 cm³/mol. The van der Waals surface area contributed by atoms with Gasteiger partial charge >= 0.3 is 6.01 Å². The van der Waals surface area contributed by atoms with Crippen LogP contribution >= 0.6 is 0 Å². The lowest BCUT2D eigenvalue weighted by Gasteiger charge is -2.51. The van der Waals surface area contributed by atoms with Gasteiger partial charge in [-0.3, -0.25) is 0 Å². The molecule has 1 heterocycles. The van der Waals surface area contributed by atoms with E-state index in [2.05, 4.69) is 34.7 Å². The van der Waals surface area contributed by atoms with Crippen molar-refractivity contribution >= 4 is 6.01 Å². The Morgan fingerprint density at radius 3 is 2.79 bits per heavy atom. The average Bonchev–Trinajstić information content (AvgIpc) is 2.85. The van der Waals surface area contributed by atoms with Crippen molar-refractivity contribution in [2.45, 2.75) is 52.3 Å². The van der Waals surface area contributed by atoms with Crippen LogP contribution in [0.15, 0.2) is 4.42 Å². The number of anilines is 1. The van der Waals surface area contributed by atoms with E-state index in [1.807, 2.05) is 20.9 Å². The van der Waals surface area contributed by atoms with Crippen LogP contribution in [-0.4, -0.2) is 36.0 Å². The van der Waals surface area contributed by atoms with Gasteiger partial charge in [0.2, 0.25) is 5.89 Å². The van der Waals surface area contributed by atoms with E-state index in [0.717, 1.165) is 13.0 Å². The molecule has 6 heteroatoms. The first-order valence-electron chi connectivity index (χ1n) is 6.87. The minimum absolute atomic E-state index is 0.0635. The molecule has 108 valence electrons. The maximum Gasteiger partial charge on any atom is 0.315 e. The van der Waals surface area contributed by atoms with Gasteiger partial charge in [0, 0.05) is 18.1 Å². The molecule has 2 rings (SSSR count). The maximum atomic E-state index is 5.71.